The summed E-state index contributed by atoms with van der Waals surface area (Å²) in [7, 11) is 0. The van der Waals surface area contributed by atoms with Gasteiger partial charge in [-0.1, -0.05) is 0 Å². The Kier molecular flexibility index (Phi) is 6.05. The zero-order valence-corrected chi connectivity index (χ0v) is 12.8. The predicted octanol–water partition coefficient (Wildman–Crippen LogP) is 1.65. The van der Waals surface area contributed by atoms with Crippen molar-refractivity contribution in [2.75, 3.05) is 6.61 Å². The quantitative estimate of drug-likeness (QED) is 0.845. The fourth-order valence-electron chi connectivity index (χ4n) is 1.85. The highest BCUT2D eigenvalue weighted by atomic mass is 16.5. The minimum Gasteiger partial charge on any atom is -0.450 e. The van der Waals surface area contributed by atoms with E-state index in [4.69, 9.17) is 4.74 Å². The van der Waals surface area contributed by atoms with E-state index in [-0.39, 0.29) is 12.5 Å². The highest BCUT2D eigenvalue weighted by molar-refractivity contribution is 5.94. The molecule has 2 aromatic rings. The summed E-state index contributed by atoms with van der Waals surface area (Å²) in [6, 6.07) is 6.92. The lowest BCUT2D eigenvalue weighted by atomic mass is 10.2. The molecule has 0 saturated carbocycles. The van der Waals surface area contributed by atoms with Gasteiger partial charge >= 0.3 is 6.09 Å². The van der Waals surface area contributed by atoms with Crippen LogP contribution in [0.1, 0.15) is 28.5 Å². The van der Waals surface area contributed by atoms with Crippen molar-refractivity contribution in [3.05, 3.63) is 59.7 Å². The molecule has 2 aromatic heterocycles. The van der Waals surface area contributed by atoms with Crippen LogP contribution in [0, 0.1) is 0 Å². The Balaban J connectivity index is 1.90. The van der Waals surface area contributed by atoms with Crippen LogP contribution in [0.5, 0.6) is 0 Å². The average molecular weight is 314 g/mol. The van der Waals surface area contributed by atoms with Crippen LogP contribution >= 0.6 is 0 Å². The third-order valence-electron chi connectivity index (χ3n) is 2.97. The van der Waals surface area contributed by atoms with E-state index in [1.54, 1.807) is 31.5 Å². The van der Waals surface area contributed by atoms with E-state index in [0.29, 0.717) is 24.4 Å². The first-order valence-electron chi connectivity index (χ1n) is 7.21. The molecule has 0 saturated heterocycles. The number of aromatic nitrogens is 2. The fourth-order valence-corrected chi connectivity index (χ4v) is 1.85. The summed E-state index contributed by atoms with van der Waals surface area (Å²) in [5, 5.41) is 5.38. The van der Waals surface area contributed by atoms with Gasteiger partial charge in [-0.25, -0.2) is 4.79 Å². The second kappa shape index (κ2) is 8.47. The molecule has 2 N–H and O–H groups in total. The lowest BCUT2D eigenvalue weighted by Crippen LogP contribution is -2.25. The number of nitrogens with one attached hydrogen (secondary N) is 2. The molecule has 0 unspecified atom stereocenters. The molecule has 0 aromatic carbocycles. The van der Waals surface area contributed by atoms with Crippen LogP contribution < -0.4 is 10.6 Å². The van der Waals surface area contributed by atoms with Gasteiger partial charge in [0.25, 0.3) is 5.91 Å². The van der Waals surface area contributed by atoms with E-state index in [0.717, 1.165) is 5.56 Å². The second-order valence-electron chi connectivity index (χ2n) is 4.65. The van der Waals surface area contributed by atoms with Crippen LogP contribution in [-0.2, 0) is 17.8 Å². The summed E-state index contributed by atoms with van der Waals surface area (Å²) in [4.78, 5) is 31.4. The van der Waals surface area contributed by atoms with Gasteiger partial charge in [-0.2, -0.15) is 0 Å². The average Bonchev–Trinajstić information content (AvgIpc) is 2.59. The van der Waals surface area contributed by atoms with Crippen molar-refractivity contribution in [2.24, 2.45) is 0 Å². The van der Waals surface area contributed by atoms with Crippen molar-refractivity contribution in [2.45, 2.75) is 20.0 Å². The van der Waals surface area contributed by atoms with Gasteiger partial charge in [0.05, 0.1) is 18.8 Å². The number of alkyl carbamates (subject to hydrolysis) is 1. The Hall–Kier alpha value is -2.96. The van der Waals surface area contributed by atoms with Crippen molar-refractivity contribution in [1.29, 1.82) is 0 Å². The van der Waals surface area contributed by atoms with Crippen molar-refractivity contribution < 1.29 is 14.3 Å². The third-order valence-corrected chi connectivity index (χ3v) is 2.97. The van der Waals surface area contributed by atoms with Gasteiger partial charge in [-0.05, 0) is 36.8 Å². The predicted molar refractivity (Wildman–Crippen MR) is 83.5 cm³/mol. The summed E-state index contributed by atoms with van der Waals surface area (Å²) < 4.78 is 4.77. The number of carbonyl (C=O) groups is 2. The summed E-state index contributed by atoms with van der Waals surface area (Å²) in [5.41, 5.74) is 2.02. The number of nitrogens with zero attached hydrogens (tertiary/aromatic N) is 2. The van der Waals surface area contributed by atoms with Crippen molar-refractivity contribution in [3.8, 4) is 0 Å². The summed E-state index contributed by atoms with van der Waals surface area (Å²) >= 11 is 0. The van der Waals surface area contributed by atoms with E-state index in [1.807, 2.05) is 12.1 Å². The monoisotopic (exact) mass is 314 g/mol. The van der Waals surface area contributed by atoms with Gasteiger partial charge in [-0.3, -0.25) is 14.8 Å². The SMILES string of the molecule is CCOC(=O)NCc1cc(C(=O)NCc2ccncc2)ccn1. The highest BCUT2D eigenvalue weighted by Gasteiger charge is 2.08. The Morgan fingerprint density at radius 1 is 1.09 bits per heavy atom. The molecule has 2 rings (SSSR count). The Bertz CT molecular complexity index is 661. The first-order valence-corrected chi connectivity index (χ1v) is 7.21. The first kappa shape index (κ1) is 16.4. The van der Waals surface area contributed by atoms with Crippen LogP contribution in [0.25, 0.3) is 0 Å². The standard InChI is InChI=1S/C16H18N4O3/c1-2-23-16(22)20-11-14-9-13(5-8-18-14)15(21)19-10-12-3-6-17-7-4-12/h3-9H,2,10-11H2,1H3,(H,19,21)(H,20,22). The number of hydrogen-bond acceptors (Lipinski definition) is 5. The van der Waals surface area contributed by atoms with Gasteiger partial charge in [0.2, 0.25) is 0 Å². The number of hydrogen-bond donors (Lipinski definition) is 2. The molecule has 120 valence electrons. The van der Waals surface area contributed by atoms with Gasteiger partial charge in [0.15, 0.2) is 0 Å². The minimum absolute atomic E-state index is 0.199. The maximum atomic E-state index is 12.1. The molecule has 2 heterocycles. The zero-order valence-electron chi connectivity index (χ0n) is 12.8. The molecule has 0 aliphatic heterocycles. The van der Waals surface area contributed by atoms with Gasteiger partial charge < -0.3 is 15.4 Å². The lowest BCUT2D eigenvalue weighted by Gasteiger charge is -2.08. The molecule has 7 nitrogen and oxygen atoms in total. The highest BCUT2D eigenvalue weighted by Crippen LogP contribution is 2.03. The number of ether oxygens (including phenoxy) is 1. The van der Waals surface area contributed by atoms with Crippen LogP contribution in [0.2, 0.25) is 0 Å². The van der Waals surface area contributed by atoms with Crippen molar-refractivity contribution in [3.63, 3.8) is 0 Å². The fraction of sp³-hybridized carbons (Fsp3) is 0.250. The first-order chi connectivity index (χ1) is 11.2. The lowest BCUT2D eigenvalue weighted by molar-refractivity contribution is 0.0950. The minimum atomic E-state index is -0.512. The van der Waals surface area contributed by atoms with Crippen molar-refractivity contribution >= 4 is 12.0 Å². The van der Waals surface area contributed by atoms with E-state index < -0.39 is 6.09 Å². The van der Waals surface area contributed by atoms with Crippen LogP contribution in [0.4, 0.5) is 4.79 Å². The Morgan fingerprint density at radius 2 is 1.87 bits per heavy atom. The zero-order chi connectivity index (χ0) is 16.5. The van der Waals surface area contributed by atoms with Crippen LogP contribution in [0.15, 0.2) is 42.9 Å². The van der Waals surface area contributed by atoms with E-state index >= 15 is 0 Å². The van der Waals surface area contributed by atoms with Crippen LogP contribution in [0.3, 0.4) is 0 Å². The number of pyridine rings is 2. The molecule has 0 atom stereocenters. The molecule has 0 aliphatic carbocycles. The maximum Gasteiger partial charge on any atom is 0.407 e. The summed E-state index contributed by atoms with van der Waals surface area (Å²) in [6.07, 6.45) is 4.37. The Labute approximate surface area is 134 Å². The molecule has 7 heteroatoms. The molecule has 0 radical (unpaired) electrons. The van der Waals surface area contributed by atoms with Crippen molar-refractivity contribution in [1.82, 2.24) is 20.6 Å². The molecule has 23 heavy (non-hydrogen) atoms. The van der Waals surface area contributed by atoms with E-state index in [2.05, 4.69) is 20.6 Å². The van der Waals surface area contributed by atoms with Crippen LogP contribution in [-0.4, -0.2) is 28.6 Å². The maximum absolute atomic E-state index is 12.1. The largest absolute Gasteiger partial charge is 0.450 e. The molecule has 2 amide bonds. The molecular formula is C16H18N4O3. The van der Waals surface area contributed by atoms with Gasteiger partial charge in [-0.15, -0.1) is 0 Å². The summed E-state index contributed by atoms with van der Waals surface area (Å²) in [5.74, 6) is -0.207. The normalized spacial score (nSPS) is 9.96. The molecule has 0 aliphatic rings. The number of amides is 2. The topological polar surface area (TPSA) is 93.2 Å². The summed E-state index contributed by atoms with van der Waals surface area (Å²) in [6.45, 7) is 2.65. The number of carbonyl (C=O) groups excluding carboxylic acids is 2. The van der Waals surface area contributed by atoms with E-state index in [1.165, 1.54) is 6.20 Å². The third kappa shape index (κ3) is 5.39. The molecule has 0 bridgehead atoms. The number of rotatable bonds is 6. The molecule has 0 spiro atoms. The van der Waals surface area contributed by atoms with Gasteiger partial charge in [0.1, 0.15) is 0 Å². The molecule has 0 fully saturated rings. The van der Waals surface area contributed by atoms with Gasteiger partial charge in [0, 0.05) is 30.7 Å². The Morgan fingerprint density at radius 3 is 2.61 bits per heavy atom. The second-order valence-corrected chi connectivity index (χ2v) is 4.65. The smallest absolute Gasteiger partial charge is 0.407 e. The molecular weight excluding hydrogens is 296 g/mol. The van der Waals surface area contributed by atoms with E-state index in [9.17, 15) is 9.59 Å².